The first-order valence-corrected chi connectivity index (χ1v) is 5.41. The van der Waals surface area contributed by atoms with Crippen LogP contribution in [-0.2, 0) is 0 Å². The van der Waals surface area contributed by atoms with Gasteiger partial charge in [0.05, 0.1) is 0 Å². The van der Waals surface area contributed by atoms with Crippen molar-refractivity contribution in [1.82, 2.24) is 4.98 Å². The molecule has 0 aliphatic heterocycles. The Morgan fingerprint density at radius 3 is 2.87 bits per heavy atom. The van der Waals surface area contributed by atoms with Gasteiger partial charge in [-0.15, -0.1) is 11.3 Å². The topological polar surface area (TPSA) is 30.0 Å². The Morgan fingerprint density at radius 2 is 2.20 bits per heavy atom. The van der Waals surface area contributed by atoms with E-state index in [0.717, 1.165) is 4.88 Å². The maximum atomic E-state index is 11.6. The van der Waals surface area contributed by atoms with Gasteiger partial charge in [-0.25, -0.2) is 0 Å². The summed E-state index contributed by atoms with van der Waals surface area (Å²) in [5.41, 5.74) is 0.477. The molecule has 0 saturated heterocycles. The lowest BCUT2D eigenvalue weighted by atomic mass is 10.2. The zero-order valence-corrected chi connectivity index (χ0v) is 8.78. The van der Waals surface area contributed by atoms with Gasteiger partial charge in [-0.3, -0.25) is 9.78 Å². The zero-order valence-electron chi connectivity index (χ0n) is 7.96. The van der Waals surface area contributed by atoms with E-state index >= 15 is 0 Å². The van der Waals surface area contributed by atoms with E-state index in [0.29, 0.717) is 5.69 Å². The molecule has 0 aromatic carbocycles. The standard InChI is InChI=1S/C12H9NOS/c14-12(11-5-1-2-8-13-11)7-6-10-4-3-9-15-10/h1-9H. The first-order valence-electron chi connectivity index (χ1n) is 4.53. The Bertz CT molecular complexity index is 460. The van der Waals surface area contributed by atoms with Gasteiger partial charge in [0.25, 0.3) is 0 Å². The van der Waals surface area contributed by atoms with E-state index in [-0.39, 0.29) is 5.78 Å². The Morgan fingerprint density at radius 1 is 1.27 bits per heavy atom. The van der Waals surface area contributed by atoms with Crippen molar-refractivity contribution in [3.05, 3.63) is 58.6 Å². The number of nitrogens with zero attached hydrogens (tertiary/aromatic N) is 1. The van der Waals surface area contributed by atoms with Crippen LogP contribution < -0.4 is 0 Å². The summed E-state index contributed by atoms with van der Waals surface area (Å²) in [7, 11) is 0. The van der Waals surface area contributed by atoms with Gasteiger partial charge in [0, 0.05) is 11.1 Å². The fourth-order valence-corrected chi connectivity index (χ4v) is 1.76. The quantitative estimate of drug-likeness (QED) is 0.582. The Labute approximate surface area is 91.9 Å². The Kier molecular flexibility index (Phi) is 3.05. The smallest absolute Gasteiger partial charge is 0.204 e. The molecule has 0 spiro atoms. The molecule has 0 unspecified atom stereocenters. The molecule has 0 aliphatic rings. The lowest BCUT2D eigenvalue weighted by Gasteiger charge is -1.91. The molecule has 0 fully saturated rings. The second-order valence-electron chi connectivity index (χ2n) is 2.93. The lowest BCUT2D eigenvalue weighted by molar-refractivity contribution is 0.104. The number of allylic oxidation sites excluding steroid dienone is 1. The minimum Gasteiger partial charge on any atom is -0.288 e. The minimum absolute atomic E-state index is 0.0657. The normalized spacial score (nSPS) is 10.7. The van der Waals surface area contributed by atoms with Crippen LogP contribution in [0.25, 0.3) is 6.08 Å². The van der Waals surface area contributed by atoms with E-state index in [4.69, 9.17) is 0 Å². The third-order valence-electron chi connectivity index (χ3n) is 1.86. The van der Waals surface area contributed by atoms with Crippen LogP contribution in [0.2, 0.25) is 0 Å². The van der Waals surface area contributed by atoms with Crippen LogP contribution >= 0.6 is 11.3 Å². The summed E-state index contributed by atoms with van der Waals surface area (Å²) >= 11 is 1.60. The first-order chi connectivity index (χ1) is 7.36. The highest BCUT2D eigenvalue weighted by Crippen LogP contribution is 2.10. The van der Waals surface area contributed by atoms with Crippen molar-refractivity contribution in [2.24, 2.45) is 0 Å². The fraction of sp³-hybridized carbons (Fsp3) is 0. The number of aromatic nitrogens is 1. The second-order valence-corrected chi connectivity index (χ2v) is 3.91. The van der Waals surface area contributed by atoms with Gasteiger partial charge in [-0.2, -0.15) is 0 Å². The molecule has 2 aromatic heterocycles. The molecule has 2 nitrogen and oxygen atoms in total. The molecule has 0 radical (unpaired) electrons. The van der Waals surface area contributed by atoms with E-state index in [1.807, 2.05) is 23.6 Å². The predicted octanol–water partition coefficient (Wildman–Crippen LogP) is 3.04. The molecule has 2 aromatic rings. The maximum absolute atomic E-state index is 11.6. The number of pyridine rings is 1. The van der Waals surface area contributed by atoms with E-state index in [2.05, 4.69) is 4.98 Å². The van der Waals surface area contributed by atoms with Crippen LogP contribution in [-0.4, -0.2) is 10.8 Å². The second kappa shape index (κ2) is 4.66. The summed E-state index contributed by atoms with van der Waals surface area (Å²) in [6.45, 7) is 0. The van der Waals surface area contributed by atoms with Crippen molar-refractivity contribution in [3.8, 4) is 0 Å². The van der Waals surface area contributed by atoms with Crippen molar-refractivity contribution in [3.63, 3.8) is 0 Å². The lowest BCUT2D eigenvalue weighted by Crippen LogP contribution is -1.96. The third-order valence-corrected chi connectivity index (χ3v) is 2.70. The molecule has 0 N–H and O–H groups in total. The Hall–Kier alpha value is -1.74. The molecule has 0 saturated carbocycles. The van der Waals surface area contributed by atoms with Gasteiger partial charge in [-0.1, -0.05) is 12.1 Å². The van der Waals surface area contributed by atoms with E-state index < -0.39 is 0 Å². The van der Waals surface area contributed by atoms with Gasteiger partial charge >= 0.3 is 0 Å². The number of rotatable bonds is 3. The average Bonchev–Trinajstić information content (AvgIpc) is 2.80. The molecular formula is C12H9NOS. The average molecular weight is 215 g/mol. The van der Waals surface area contributed by atoms with E-state index in [9.17, 15) is 4.79 Å². The van der Waals surface area contributed by atoms with Crippen LogP contribution in [0.4, 0.5) is 0 Å². The van der Waals surface area contributed by atoms with Gasteiger partial charge in [-0.05, 0) is 35.7 Å². The monoisotopic (exact) mass is 215 g/mol. The number of ketones is 1. The summed E-state index contributed by atoms with van der Waals surface area (Å²) in [5, 5.41) is 1.98. The van der Waals surface area contributed by atoms with Crippen molar-refractivity contribution in [1.29, 1.82) is 0 Å². The van der Waals surface area contributed by atoms with Crippen LogP contribution in [0.15, 0.2) is 48.0 Å². The molecule has 74 valence electrons. The zero-order chi connectivity index (χ0) is 10.5. The van der Waals surface area contributed by atoms with E-state index in [1.165, 1.54) is 0 Å². The number of carbonyl (C=O) groups is 1. The van der Waals surface area contributed by atoms with Crippen LogP contribution in [0, 0.1) is 0 Å². The Balaban J connectivity index is 2.11. The maximum Gasteiger partial charge on any atom is 0.204 e. The van der Waals surface area contributed by atoms with Crippen molar-refractivity contribution in [2.75, 3.05) is 0 Å². The number of hydrogen-bond acceptors (Lipinski definition) is 3. The largest absolute Gasteiger partial charge is 0.288 e. The SMILES string of the molecule is O=C(C=Cc1cccs1)c1ccccn1. The van der Waals surface area contributed by atoms with E-state index in [1.54, 1.807) is 41.8 Å². The molecule has 0 bridgehead atoms. The molecular weight excluding hydrogens is 206 g/mol. The first kappa shape index (κ1) is 9.80. The number of carbonyl (C=O) groups excluding carboxylic acids is 1. The molecule has 2 rings (SSSR count). The van der Waals surface area contributed by atoms with Gasteiger partial charge < -0.3 is 0 Å². The van der Waals surface area contributed by atoms with Crippen LogP contribution in [0.1, 0.15) is 15.4 Å². The summed E-state index contributed by atoms with van der Waals surface area (Å²) < 4.78 is 0. The number of thiophene rings is 1. The highest BCUT2D eigenvalue weighted by molar-refractivity contribution is 7.10. The van der Waals surface area contributed by atoms with Gasteiger partial charge in [0.2, 0.25) is 5.78 Å². The van der Waals surface area contributed by atoms with Gasteiger partial charge in [0.1, 0.15) is 5.69 Å². The number of hydrogen-bond donors (Lipinski definition) is 0. The highest BCUT2D eigenvalue weighted by atomic mass is 32.1. The van der Waals surface area contributed by atoms with Crippen LogP contribution in [0.5, 0.6) is 0 Å². The third kappa shape index (κ3) is 2.60. The van der Waals surface area contributed by atoms with Gasteiger partial charge in [0.15, 0.2) is 0 Å². The molecule has 15 heavy (non-hydrogen) atoms. The summed E-state index contributed by atoms with van der Waals surface area (Å²) in [6.07, 6.45) is 4.97. The van der Waals surface area contributed by atoms with Crippen molar-refractivity contribution < 1.29 is 4.79 Å². The molecule has 3 heteroatoms. The molecule has 0 atom stereocenters. The van der Waals surface area contributed by atoms with Crippen molar-refractivity contribution >= 4 is 23.2 Å². The minimum atomic E-state index is -0.0657. The molecule has 2 heterocycles. The fourth-order valence-electron chi connectivity index (χ4n) is 1.14. The van der Waals surface area contributed by atoms with Crippen molar-refractivity contribution in [2.45, 2.75) is 0 Å². The highest BCUT2D eigenvalue weighted by Gasteiger charge is 2.00. The summed E-state index contributed by atoms with van der Waals surface area (Å²) in [6, 6.07) is 9.22. The summed E-state index contributed by atoms with van der Waals surface area (Å²) in [5.74, 6) is -0.0657. The molecule has 0 aliphatic carbocycles. The summed E-state index contributed by atoms with van der Waals surface area (Å²) in [4.78, 5) is 16.6. The van der Waals surface area contributed by atoms with Crippen LogP contribution in [0.3, 0.4) is 0 Å². The predicted molar refractivity (Wildman–Crippen MR) is 61.9 cm³/mol. The molecule has 0 amide bonds.